The number of nitro groups is 1. The van der Waals surface area contributed by atoms with E-state index in [-0.39, 0.29) is 11.3 Å². The van der Waals surface area contributed by atoms with Gasteiger partial charge in [0.15, 0.2) is 0 Å². The van der Waals surface area contributed by atoms with Crippen molar-refractivity contribution in [1.82, 2.24) is 0 Å². The zero-order valence-corrected chi connectivity index (χ0v) is 8.20. The van der Waals surface area contributed by atoms with E-state index in [4.69, 9.17) is 4.74 Å². The highest BCUT2D eigenvalue weighted by Crippen LogP contribution is 2.25. The maximum Gasteiger partial charge on any atom is 0.305 e. The number of nitro benzene ring substituents is 1. The fourth-order valence-corrected chi connectivity index (χ4v) is 1.13. The van der Waals surface area contributed by atoms with Gasteiger partial charge in [0.25, 0.3) is 0 Å². The second-order valence-corrected chi connectivity index (χ2v) is 2.75. The first-order chi connectivity index (χ1) is 7.07. The number of nitrogens with zero attached hydrogens (tertiary/aromatic N) is 1. The smallest absolute Gasteiger partial charge is 0.305 e. The van der Waals surface area contributed by atoms with Crippen LogP contribution in [0.15, 0.2) is 24.8 Å². The van der Waals surface area contributed by atoms with Crippen molar-refractivity contribution in [2.24, 2.45) is 0 Å². The van der Waals surface area contributed by atoms with Crippen LogP contribution in [0.5, 0.6) is 0 Å². The molecule has 0 heterocycles. The Bertz CT molecular complexity index is 404. The van der Waals surface area contributed by atoms with E-state index >= 15 is 0 Å². The van der Waals surface area contributed by atoms with E-state index in [0.29, 0.717) is 6.61 Å². The zero-order chi connectivity index (χ0) is 11.4. The molecule has 0 fully saturated rings. The van der Waals surface area contributed by atoms with Gasteiger partial charge in [-0.3, -0.25) is 10.1 Å². The van der Waals surface area contributed by atoms with E-state index in [1.54, 1.807) is 6.92 Å². The molecule has 0 aliphatic rings. The Morgan fingerprint density at radius 2 is 2.33 bits per heavy atom. The van der Waals surface area contributed by atoms with Crippen molar-refractivity contribution < 1.29 is 14.1 Å². The predicted octanol–water partition coefficient (Wildman–Crippen LogP) is 2.74. The summed E-state index contributed by atoms with van der Waals surface area (Å²) in [5.74, 6) is -0.820. The molecule has 0 aromatic heterocycles. The third-order valence-electron chi connectivity index (χ3n) is 1.79. The summed E-state index contributed by atoms with van der Waals surface area (Å²) in [6, 6.07) is 3.87. The fourth-order valence-electron chi connectivity index (χ4n) is 1.13. The van der Waals surface area contributed by atoms with Gasteiger partial charge in [-0.2, -0.15) is 4.39 Å². The summed E-state index contributed by atoms with van der Waals surface area (Å²) in [6.45, 7) is 5.55. The van der Waals surface area contributed by atoms with Gasteiger partial charge in [-0.25, -0.2) is 0 Å². The first-order valence-electron chi connectivity index (χ1n) is 4.33. The number of ether oxygens (including phenoxy) is 1. The molecule has 4 nitrogen and oxygen atoms in total. The van der Waals surface area contributed by atoms with Crippen molar-refractivity contribution in [3.63, 3.8) is 0 Å². The summed E-state index contributed by atoms with van der Waals surface area (Å²) in [6.07, 6.45) is 0. The van der Waals surface area contributed by atoms with E-state index < -0.39 is 16.4 Å². The van der Waals surface area contributed by atoms with Crippen molar-refractivity contribution in [2.75, 3.05) is 6.61 Å². The van der Waals surface area contributed by atoms with Crippen LogP contribution >= 0.6 is 0 Å². The largest absolute Gasteiger partial charge is 0.494 e. The van der Waals surface area contributed by atoms with Crippen LogP contribution in [0.1, 0.15) is 12.5 Å². The standard InChI is InChI=1S/C10H10FNO3/c1-3-15-7(2)8-5-4-6-9(10(8)11)12(13)14/h4-6H,2-3H2,1H3. The highest BCUT2D eigenvalue weighted by Gasteiger charge is 2.18. The topological polar surface area (TPSA) is 52.4 Å². The molecular weight excluding hydrogens is 201 g/mol. The van der Waals surface area contributed by atoms with Crippen molar-refractivity contribution >= 4 is 11.4 Å². The summed E-state index contributed by atoms with van der Waals surface area (Å²) in [4.78, 5) is 9.67. The van der Waals surface area contributed by atoms with Crippen LogP contribution in [0.3, 0.4) is 0 Å². The molecule has 0 N–H and O–H groups in total. The summed E-state index contributed by atoms with van der Waals surface area (Å²) in [5, 5.41) is 10.4. The molecule has 0 atom stereocenters. The second-order valence-electron chi connectivity index (χ2n) is 2.75. The number of hydrogen-bond acceptors (Lipinski definition) is 3. The lowest BCUT2D eigenvalue weighted by Crippen LogP contribution is -1.98. The van der Waals surface area contributed by atoms with Crippen molar-refractivity contribution in [1.29, 1.82) is 0 Å². The molecular formula is C10H10FNO3. The molecule has 0 amide bonds. The van der Waals surface area contributed by atoms with Crippen LogP contribution in [-0.4, -0.2) is 11.5 Å². The van der Waals surface area contributed by atoms with Crippen LogP contribution in [0, 0.1) is 15.9 Å². The second kappa shape index (κ2) is 4.54. The Labute approximate surface area is 86.1 Å². The SMILES string of the molecule is C=C(OCC)c1cccc([N+](=O)[O-])c1F. The molecule has 5 heteroatoms. The minimum Gasteiger partial charge on any atom is -0.494 e. The maximum atomic E-state index is 13.5. The fraction of sp³-hybridized carbons (Fsp3) is 0.200. The third kappa shape index (κ3) is 2.31. The Balaban J connectivity index is 3.15. The Hall–Kier alpha value is -1.91. The van der Waals surface area contributed by atoms with Gasteiger partial charge in [0.2, 0.25) is 5.82 Å². The average molecular weight is 211 g/mol. The van der Waals surface area contributed by atoms with Crippen LogP contribution in [0.2, 0.25) is 0 Å². The van der Waals surface area contributed by atoms with Gasteiger partial charge < -0.3 is 4.74 Å². The predicted molar refractivity (Wildman–Crippen MR) is 53.7 cm³/mol. The maximum absolute atomic E-state index is 13.5. The zero-order valence-electron chi connectivity index (χ0n) is 8.20. The minimum atomic E-state index is -0.916. The van der Waals surface area contributed by atoms with Crippen LogP contribution in [-0.2, 0) is 4.74 Å². The number of halogens is 1. The van der Waals surface area contributed by atoms with Gasteiger partial charge in [-0.05, 0) is 13.0 Å². The van der Waals surface area contributed by atoms with E-state index in [1.165, 1.54) is 12.1 Å². The average Bonchev–Trinajstić information content (AvgIpc) is 2.17. The highest BCUT2D eigenvalue weighted by molar-refractivity contribution is 5.61. The molecule has 15 heavy (non-hydrogen) atoms. The monoisotopic (exact) mass is 211 g/mol. The quantitative estimate of drug-likeness (QED) is 0.437. The van der Waals surface area contributed by atoms with Crippen molar-refractivity contribution in [2.45, 2.75) is 6.92 Å². The van der Waals surface area contributed by atoms with Gasteiger partial charge in [0, 0.05) is 6.07 Å². The highest BCUT2D eigenvalue weighted by atomic mass is 19.1. The van der Waals surface area contributed by atoms with Gasteiger partial charge in [-0.1, -0.05) is 12.6 Å². The van der Waals surface area contributed by atoms with Crippen LogP contribution < -0.4 is 0 Å². The molecule has 1 rings (SSSR count). The normalized spacial score (nSPS) is 9.73. The first kappa shape index (κ1) is 11.2. The molecule has 0 bridgehead atoms. The van der Waals surface area contributed by atoms with Gasteiger partial charge in [0.1, 0.15) is 5.76 Å². The summed E-state index contributed by atoms with van der Waals surface area (Å²) in [5.41, 5.74) is -0.556. The van der Waals surface area contributed by atoms with Crippen LogP contribution in [0.25, 0.3) is 5.76 Å². The van der Waals surface area contributed by atoms with E-state index in [9.17, 15) is 14.5 Å². The lowest BCUT2D eigenvalue weighted by atomic mass is 10.1. The van der Waals surface area contributed by atoms with Crippen molar-refractivity contribution in [3.05, 3.63) is 46.3 Å². The summed E-state index contributed by atoms with van der Waals surface area (Å²) in [7, 11) is 0. The van der Waals surface area contributed by atoms with E-state index in [2.05, 4.69) is 6.58 Å². The molecule has 80 valence electrons. The van der Waals surface area contributed by atoms with Gasteiger partial charge in [0.05, 0.1) is 17.1 Å². The number of hydrogen-bond donors (Lipinski definition) is 0. The number of benzene rings is 1. The van der Waals surface area contributed by atoms with Crippen LogP contribution in [0.4, 0.5) is 10.1 Å². The summed E-state index contributed by atoms with van der Waals surface area (Å²) < 4.78 is 18.5. The van der Waals surface area contributed by atoms with Gasteiger partial charge in [-0.15, -0.1) is 0 Å². The third-order valence-corrected chi connectivity index (χ3v) is 1.79. The Kier molecular flexibility index (Phi) is 3.38. The molecule has 0 aliphatic carbocycles. The molecule has 0 radical (unpaired) electrons. The molecule has 0 saturated carbocycles. The van der Waals surface area contributed by atoms with Crippen molar-refractivity contribution in [3.8, 4) is 0 Å². The van der Waals surface area contributed by atoms with E-state index in [0.717, 1.165) is 6.07 Å². The molecule has 1 aromatic carbocycles. The molecule has 0 spiro atoms. The number of rotatable bonds is 4. The lowest BCUT2D eigenvalue weighted by Gasteiger charge is -2.07. The van der Waals surface area contributed by atoms with E-state index in [1.807, 2.05) is 0 Å². The Morgan fingerprint density at radius 1 is 1.67 bits per heavy atom. The molecule has 0 unspecified atom stereocenters. The molecule has 1 aromatic rings. The minimum absolute atomic E-state index is 0.0195. The molecule has 0 aliphatic heterocycles. The molecule has 0 saturated heterocycles. The first-order valence-corrected chi connectivity index (χ1v) is 4.33. The summed E-state index contributed by atoms with van der Waals surface area (Å²) >= 11 is 0. The van der Waals surface area contributed by atoms with Gasteiger partial charge >= 0.3 is 5.69 Å². The lowest BCUT2D eigenvalue weighted by molar-refractivity contribution is -0.387. The Morgan fingerprint density at radius 3 is 2.87 bits per heavy atom.